The minimum Gasteiger partial charge on any atom is -0.390 e. The molecule has 0 aliphatic carbocycles. The summed E-state index contributed by atoms with van der Waals surface area (Å²) in [6, 6.07) is 3.88. The lowest BCUT2D eigenvalue weighted by molar-refractivity contribution is 0.0509. The molecule has 1 unspecified atom stereocenters. The fraction of sp³-hybridized carbons (Fsp3) is 0.615. The molecule has 96 valence electrons. The summed E-state index contributed by atoms with van der Waals surface area (Å²) in [4.78, 5) is 4.05. The lowest BCUT2D eigenvalue weighted by atomic mass is 9.94. The highest BCUT2D eigenvalue weighted by molar-refractivity contribution is 5.11. The number of ether oxygens (including phenoxy) is 1. The van der Waals surface area contributed by atoms with Crippen molar-refractivity contribution < 1.29 is 9.84 Å². The second kappa shape index (κ2) is 7.37. The average Bonchev–Trinajstić information content (AvgIpc) is 2.29. The number of pyridine rings is 1. The van der Waals surface area contributed by atoms with E-state index in [0.29, 0.717) is 19.4 Å². The third-order valence-corrected chi connectivity index (χ3v) is 2.63. The summed E-state index contributed by atoms with van der Waals surface area (Å²) in [6.07, 6.45) is 4.88. The Morgan fingerprint density at radius 2 is 2.29 bits per heavy atom. The molecule has 0 amide bonds. The number of nitrogens with one attached hydrogen (secondary N) is 1. The third-order valence-electron chi connectivity index (χ3n) is 2.63. The second-order valence-electron chi connectivity index (χ2n) is 4.53. The smallest absolute Gasteiger partial charge is 0.0672 e. The van der Waals surface area contributed by atoms with Crippen molar-refractivity contribution in [1.29, 1.82) is 0 Å². The summed E-state index contributed by atoms with van der Waals surface area (Å²) < 4.78 is 4.94. The normalized spacial score (nSPS) is 14.5. The van der Waals surface area contributed by atoms with Gasteiger partial charge in [0.25, 0.3) is 0 Å². The van der Waals surface area contributed by atoms with Crippen LogP contribution in [0.4, 0.5) is 0 Å². The van der Waals surface area contributed by atoms with Crippen molar-refractivity contribution >= 4 is 0 Å². The Kier molecular flexibility index (Phi) is 6.11. The number of nitrogens with zero attached hydrogens (tertiary/aromatic N) is 1. The maximum atomic E-state index is 10.2. The first-order valence-electron chi connectivity index (χ1n) is 5.95. The molecule has 1 rings (SSSR count). The number of hydrogen-bond donors (Lipinski definition) is 2. The Balaban J connectivity index is 2.26. The van der Waals surface area contributed by atoms with Crippen LogP contribution < -0.4 is 5.32 Å². The molecule has 0 aromatic carbocycles. The molecule has 0 fully saturated rings. The molecule has 4 nitrogen and oxygen atoms in total. The van der Waals surface area contributed by atoms with Gasteiger partial charge in [0.15, 0.2) is 0 Å². The maximum absolute atomic E-state index is 10.2. The highest BCUT2D eigenvalue weighted by atomic mass is 16.5. The van der Waals surface area contributed by atoms with Crippen molar-refractivity contribution in [3.05, 3.63) is 30.1 Å². The first kappa shape index (κ1) is 14.1. The highest BCUT2D eigenvalue weighted by Crippen LogP contribution is 2.15. The molecule has 0 bridgehead atoms. The number of hydrogen-bond acceptors (Lipinski definition) is 4. The van der Waals surface area contributed by atoms with Gasteiger partial charge in [-0.1, -0.05) is 6.07 Å². The largest absolute Gasteiger partial charge is 0.390 e. The summed E-state index contributed by atoms with van der Waals surface area (Å²) in [5.74, 6) is 0. The second-order valence-corrected chi connectivity index (χ2v) is 4.53. The number of rotatable bonds is 8. The Morgan fingerprint density at radius 3 is 2.94 bits per heavy atom. The van der Waals surface area contributed by atoms with Crippen LogP contribution in [0.2, 0.25) is 0 Å². The quantitative estimate of drug-likeness (QED) is 0.663. The molecule has 0 radical (unpaired) electrons. The van der Waals surface area contributed by atoms with Crippen LogP contribution in [-0.2, 0) is 11.2 Å². The van der Waals surface area contributed by atoms with Crippen LogP contribution in [0.25, 0.3) is 0 Å². The lowest BCUT2D eigenvalue weighted by Gasteiger charge is -2.23. The van der Waals surface area contributed by atoms with Crippen LogP contribution in [0.15, 0.2) is 24.5 Å². The first-order valence-corrected chi connectivity index (χ1v) is 5.95. The van der Waals surface area contributed by atoms with Gasteiger partial charge in [-0.15, -0.1) is 0 Å². The van der Waals surface area contributed by atoms with E-state index in [-0.39, 0.29) is 0 Å². The molecule has 1 atom stereocenters. The van der Waals surface area contributed by atoms with Crippen molar-refractivity contribution in [1.82, 2.24) is 10.3 Å². The Labute approximate surface area is 103 Å². The molecule has 4 heteroatoms. The topological polar surface area (TPSA) is 54.4 Å². The number of methoxy groups -OCH3 is 1. The van der Waals surface area contributed by atoms with Gasteiger partial charge < -0.3 is 15.2 Å². The zero-order valence-electron chi connectivity index (χ0n) is 10.6. The van der Waals surface area contributed by atoms with Crippen LogP contribution in [-0.4, -0.2) is 42.5 Å². The van der Waals surface area contributed by atoms with Gasteiger partial charge in [0.1, 0.15) is 0 Å². The molecule has 1 heterocycles. The van der Waals surface area contributed by atoms with Crippen LogP contribution in [0.5, 0.6) is 0 Å². The van der Waals surface area contributed by atoms with E-state index in [1.54, 1.807) is 19.5 Å². The maximum Gasteiger partial charge on any atom is 0.0672 e. The Morgan fingerprint density at radius 1 is 1.47 bits per heavy atom. The third kappa shape index (κ3) is 6.36. The monoisotopic (exact) mass is 238 g/mol. The summed E-state index contributed by atoms with van der Waals surface area (Å²) in [6.45, 7) is 4.17. The summed E-state index contributed by atoms with van der Waals surface area (Å²) in [5, 5.41) is 13.5. The van der Waals surface area contributed by atoms with E-state index in [9.17, 15) is 5.11 Å². The molecule has 0 aliphatic heterocycles. The predicted molar refractivity (Wildman–Crippen MR) is 67.9 cm³/mol. The van der Waals surface area contributed by atoms with Crippen LogP contribution in [0.1, 0.15) is 18.9 Å². The Bertz CT molecular complexity index is 302. The molecule has 2 N–H and O–H groups in total. The standard InChI is InChI=1S/C13H22N2O2/c1-13(16,5-7-14-8-9-17-2)10-12-4-3-6-15-11-12/h3-4,6,11,14,16H,5,7-10H2,1-2H3. The van der Waals surface area contributed by atoms with Crippen molar-refractivity contribution in [2.75, 3.05) is 26.8 Å². The molecule has 0 saturated heterocycles. The van der Waals surface area contributed by atoms with E-state index in [0.717, 1.165) is 18.7 Å². The summed E-state index contributed by atoms with van der Waals surface area (Å²) in [5.41, 5.74) is 0.373. The van der Waals surface area contributed by atoms with Gasteiger partial charge in [0.05, 0.1) is 12.2 Å². The highest BCUT2D eigenvalue weighted by Gasteiger charge is 2.20. The minimum absolute atomic E-state index is 0.632. The fourth-order valence-corrected chi connectivity index (χ4v) is 1.69. The van der Waals surface area contributed by atoms with Crippen molar-refractivity contribution in [2.24, 2.45) is 0 Å². The van der Waals surface area contributed by atoms with Gasteiger partial charge >= 0.3 is 0 Å². The van der Waals surface area contributed by atoms with E-state index in [1.807, 2.05) is 19.1 Å². The van der Waals surface area contributed by atoms with Crippen molar-refractivity contribution in [3.8, 4) is 0 Å². The van der Waals surface area contributed by atoms with Gasteiger partial charge in [0.2, 0.25) is 0 Å². The van der Waals surface area contributed by atoms with E-state index in [4.69, 9.17) is 4.74 Å². The number of aromatic nitrogens is 1. The molecule has 0 saturated carbocycles. The van der Waals surface area contributed by atoms with E-state index in [2.05, 4.69) is 10.3 Å². The summed E-state index contributed by atoms with van der Waals surface area (Å²) in [7, 11) is 1.68. The molecule has 17 heavy (non-hydrogen) atoms. The first-order chi connectivity index (χ1) is 8.14. The SMILES string of the molecule is COCCNCCC(C)(O)Cc1cccnc1. The minimum atomic E-state index is -0.691. The van der Waals surface area contributed by atoms with Crippen molar-refractivity contribution in [3.63, 3.8) is 0 Å². The lowest BCUT2D eigenvalue weighted by Crippen LogP contribution is -2.33. The van der Waals surface area contributed by atoms with Gasteiger partial charge in [-0.05, 0) is 31.5 Å². The predicted octanol–water partition coefficient (Wildman–Crippen LogP) is 1.00. The van der Waals surface area contributed by atoms with E-state index >= 15 is 0 Å². The molecule has 1 aromatic heterocycles. The molecule has 0 aliphatic rings. The van der Waals surface area contributed by atoms with Gasteiger partial charge in [0, 0.05) is 32.5 Å². The molecule has 0 spiro atoms. The average molecular weight is 238 g/mol. The molecule has 1 aromatic rings. The summed E-state index contributed by atoms with van der Waals surface area (Å²) >= 11 is 0. The van der Waals surface area contributed by atoms with Crippen LogP contribution in [0.3, 0.4) is 0 Å². The molecular formula is C13H22N2O2. The van der Waals surface area contributed by atoms with Gasteiger partial charge in [-0.2, -0.15) is 0 Å². The van der Waals surface area contributed by atoms with Crippen LogP contribution >= 0.6 is 0 Å². The van der Waals surface area contributed by atoms with Crippen LogP contribution in [0, 0.1) is 0 Å². The van der Waals surface area contributed by atoms with Crippen molar-refractivity contribution in [2.45, 2.75) is 25.4 Å². The van der Waals surface area contributed by atoms with E-state index < -0.39 is 5.60 Å². The Hall–Kier alpha value is -0.970. The number of aliphatic hydroxyl groups is 1. The van der Waals surface area contributed by atoms with E-state index in [1.165, 1.54) is 0 Å². The van der Waals surface area contributed by atoms with Gasteiger partial charge in [-0.3, -0.25) is 4.98 Å². The van der Waals surface area contributed by atoms with Gasteiger partial charge in [-0.25, -0.2) is 0 Å². The zero-order chi connectivity index (χ0) is 12.6. The zero-order valence-corrected chi connectivity index (χ0v) is 10.6. The molecular weight excluding hydrogens is 216 g/mol. The fourth-order valence-electron chi connectivity index (χ4n) is 1.69.